The highest BCUT2D eigenvalue weighted by molar-refractivity contribution is 5.94. The van der Waals surface area contributed by atoms with E-state index < -0.39 is 0 Å². The van der Waals surface area contributed by atoms with Gasteiger partial charge in [-0.2, -0.15) is 5.10 Å². The predicted octanol–water partition coefficient (Wildman–Crippen LogP) is 2.31. The Bertz CT molecular complexity index is 748. The van der Waals surface area contributed by atoms with Gasteiger partial charge in [0.05, 0.1) is 11.3 Å². The van der Waals surface area contributed by atoms with Crippen molar-refractivity contribution in [3.63, 3.8) is 0 Å². The molecule has 2 saturated heterocycles. The third-order valence-electron chi connectivity index (χ3n) is 5.40. The van der Waals surface area contributed by atoms with Crippen molar-refractivity contribution in [3.05, 3.63) is 47.9 Å². The minimum absolute atomic E-state index is 0.0979. The van der Waals surface area contributed by atoms with Crippen molar-refractivity contribution in [1.29, 1.82) is 0 Å². The number of aromatic nitrogens is 3. The lowest BCUT2D eigenvalue weighted by Crippen LogP contribution is -2.47. The van der Waals surface area contributed by atoms with Crippen molar-refractivity contribution in [2.45, 2.75) is 26.2 Å². The van der Waals surface area contributed by atoms with Crippen LogP contribution in [0.2, 0.25) is 0 Å². The number of aryl methyl sites for hydroxylation is 1. The number of anilines is 1. The fourth-order valence-electron chi connectivity index (χ4n) is 4.08. The molecule has 2 aromatic heterocycles. The summed E-state index contributed by atoms with van der Waals surface area (Å²) in [5.74, 6) is 1.04. The molecule has 6 nitrogen and oxygen atoms in total. The highest BCUT2D eigenvalue weighted by Crippen LogP contribution is 2.40. The first-order valence-corrected chi connectivity index (χ1v) is 8.90. The summed E-state index contributed by atoms with van der Waals surface area (Å²) in [7, 11) is 0. The number of hydrogen-bond donors (Lipinski definition) is 0. The maximum Gasteiger partial charge on any atom is 0.255 e. The summed E-state index contributed by atoms with van der Waals surface area (Å²) >= 11 is 0. The first kappa shape index (κ1) is 16.0. The van der Waals surface area contributed by atoms with Gasteiger partial charge in [0.2, 0.25) is 0 Å². The Hall–Kier alpha value is -2.50. The van der Waals surface area contributed by atoms with Gasteiger partial charge in [-0.25, -0.2) is 0 Å². The van der Waals surface area contributed by atoms with Crippen LogP contribution in [0, 0.1) is 12.3 Å². The SMILES string of the molecule is Cc1ccc(N2CC[C@@]3(CCCN(C(=O)c4cccnc4)C3)C2)nn1. The Morgan fingerprint density at radius 1 is 1.12 bits per heavy atom. The van der Waals surface area contributed by atoms with Gasteiger partial charge in [-0.05, 0) is 50.5 Å². The van der Waals surface area contributed by atoms with Crippen LogP contribution in [0.5, 0.6) is 0 Å². The zero-order valence-corrected chi connectivity index (χ0v) is 14.6. The van der Waals surface area contributed by atoms with Crippen LogP contribution in [0.4, 0.5) is 5.82 Å². The molecule has 2 fully saturated rings. The van der Waals surface area contributed by atoms with Crippen LogP contribution in [0.15, 0.2) is 36.7 Å². The van der Waals surface area contributed by atoms with Crippen LogP contribution in [-0.4, -0.2) is 52.2 Å². The average molecular weight is 337 g/mol. The number of carbonyl (C=O) groups excluding carboxylic acids is 1. The monoisotopic (exact) mass is 337 g/mol. The Morgan fingerprint density at radius 2 is 2.04 bits per heavy atom. The Kier molecular flexibility index (Phi) is 4.11. The summed E-state index contributed by atoms with van der Waals surface area (Å²) in [6.07, 6.45) is 6.68. The highest BCUT2D eigenvalue weighted by Gasteiger charge is 2.43. The molecule has 0 bridgehead atoms. The first-order valence-electron chi connectivity index (χ1n) is 8.90. The molecular formula is C19H23N5O. The fourth-order valence-corrected chi connectivity index (χ4v) is 4.08. The van der Waals surface area contributed by atoms with Gasteiger partial charge in [-0.1, -0.05) is 0 Å². The van der Waals surface area contributed by atoms with E-state index in [1.165, 1.54) is 6.42 Å². The molecule has 0 aliphatic carbocycles. The van der Waals surface area contributed by atoms with Gasteiger partial charge >= 0.3 is 0 Å². The lowest BCUT2D eigenvalue weighted by molar-refractivity contribution is 0.0556. The van der Waals surface area contributed by atoms with Gasteiger partial charge in [-0.3, -0.25) is 9.78 Å². The Balaban J connectivity index is 1.47. The van der Waals surface area contributed by atoms with E-state index in [1.807, 2.05) is 36.1 Å². The van der Waals surface area contributed by atoms with Crippen molar-refractivity contribution in [1.82, 2.24) is 20.1 Å². The number of pyridine rings is 1. The molecule has 6 heteroatoms. The second-order valence-electron chi connectivity index (χ2n) is 7.28. The molecule has 0 unspecified atom stereocenters. The third kappa shape index (κ3) is 3.21. The van der Waals surface area contributed by atoms with Crippen LogP contribution in [-0.2, 0) is 0 Å². The number of piperidine rings is 1. The third-order valence-corrected chi connectivity index (χ3v) is 5.40. The van der Waals surface area contributed by atoms with E-state index in [1.54, 1.807) is 12.4 Å². The molecule has 130 valence electrons. The van der Waals surface area contributed by atoms with Gasteiger partial charge < -0.3 is 9.80 Å². The van der Waals surface area contributed by atoms with Gasteiger partial charge in [0.25, 0.3) is 5.91 Å². The smallest absolute Gasteiger partial charge is 0.255 e. The van der Waals surface area contributed by atoms with Gasteiger partial charge in [0, 0.05) is 44.0 Å². The largest absolute Gasteiger partial charge is 0.354 e. The molecule has 2 aromatic rings. The molecule has 0 aromatic carbocycles. The van der Waals surface area contributed by atoms with Crippen molar-refractivity contribution in [3.8, 4) is 0 Å². The van der Waals surface area contributed by atoms with Gasteiger partial charge in [0.15, 0.2) is 5.82 Å². The molecule has 1 amide bonds. The molecule has 4 heterocycles. The predicted molar refractivity (Wildman–Crippen MR) is 95.4 cm³/mol. The lowest BCUT2D eigenvalue weighted by Gasteiger charge is -2.40. The van der Waals surface area contributed by atoms with E-state index in [2.05, 4.69) is 20.1 Å². The van der Waals surface area contributed by atoms with Crippen molar-refractivity contribution >= 4 is 11.7 Å². The average Bonchev–Trinajstić information content (AvgIpc) is 3.05. The summed E-state index contributed by atoms with van der Waals surface area (Å²) in [5, 5.41) is 8.50. The van der Waals surface area contributed by atoms with E-state index in [-0.39, 0.29) is 11.3 Å². The molecular weight excluding hydrogens is 314 g/mol. The maximum absolute atomic E-state index is 12.8. The normalized spacial score (nSPS) is 23.2. The molecule has 0 N–H and O–H groups in total. The Labute approximate surface area is 147 Å². The summed E-state index contributed by atoms with van der Waals surface area (Å²) in [4.78, 5) is 21.2. The van der Waals surface area contributed by atoms with Crippen LogP contribution in [0.3, 0.4) is 0 Å². The van der Waals surface area contributed by atoms with Gasteiger partial charge in [0.1, 0.15) is 0 Å². The van der Waals surface area contributed by atoms with Crippen molar-refractivity contribution < 1.29 is 4.79 Å². The lowest BCUT2D eigenvalue weighted by atomic mass is 9.79. The summed E-state index contributed by atoms with van der Waals surface area (Å²) in [6.45, 7) is 5.52. The fraction of sp³-hybridized carbons (Fsp3) is 0.474. The van der Waals surface area contributed by atoms with Crippen molar-refractivity contribution in [2.24, 2.45) is 5.41 Å². The highest BCUT2D eigenvalue weighted by atomic mass is 16.2. The topological polar surface area (TPSA) is 62.2 Å². The van der Waals surface area contributed by atoms with Crippen LogP contribution in [0.1, 0.15) is 35.3 Å². The standard InChI is InChI=1S/C19H23N5O/c1-15-5-6-17(22-21-15)23-11-8-19(13-23)7-3-10-24(14-19)18(25)16-4-2-9-20-12-16/h2,4-6,9,12H,3,7-8,10-11,13-14H2,1H3/t19-/m0/s1. The summed E-state index contributed by atoms with van der Waals surface area (Å²) in [5.41, 5.74) is 1.78. The number of likely N-dealkylation sites (tertiary alicyclic amines) is 1. The molecule has 2 aliphatic rings. The van der Waals surface area contributed by atoms with Crippen LogP contribution in [0.25, 0.3) is 0 Å². The Morgan fingerprint density at radius 3 is 2.80 bits per heavy atom. The molecule has 25 heavy (non-hydrogen) atoms. The van der Waals surface area contributed by atoms with Crippen molar-refractivity contribution in [2.75, 3.05) is 31.1 Å². The second-order valence-corrected chi connectivity index (χ2v) is 7.28. The molecule has 0 radical (unpaired) electrons. The minimum Gasteiger partial charge on any atom is -0.354 e. The second kappa shape index (κ2) is 6.43. The zero-order valence-electron chi connectivity index (χ0n) is 14.6. The summed E-state index contributed by atoms with van der Waals surface area (Å²) < 4.78 is 0. The summed E-state index contributed by atoms with van der Waals surface area (Å²) in [6, 6.07) is 7.72. The zero-order chi connectivity index (χ0) is 17.3. The minimum atomic E-state index is 0.0979. The van der Waals surface area contributed by atoms with E-state index in [4.69, 9.17) is 0 Å². The molecule has 4 rings (SSSR count). The van der Waals surface area contributed by atoms with Crippen LogP contribution < -0.4 is 4.90 Å². The van der Waals surface area contributed by atoms with E-state index in [9.17, 15) is 4.79 Å². The van der Waals surface area contributed by atoms with Gasteiger partial charge in [-0.15, -0.1) is 5.10 Å². The number of carbonyl (C=O) groups is 1. The molecule has 2 aliphatic heterocycles. The number of rotatable bonds is 2. The van der Waals surface area contributed by atoms with E-state index in [0.717, 1.165) is 50.5 Å². The molecule has 1 atom stereocenters. The first-order chi connectivity index (χ1) is 12.2. The molecule has 0 saturated carbocycles. The number of amides is 1. The van der Waals surface area contributed by atoms with E-state index in [0.29, 0.717) is 5.56 Å². The van der Waals surface area contributed by atoms with Crippen LogP contribution >= 0.6 is 0 Å². The van der Waals surface area contributed by atoms with E-state index >= 15 is 0 Å². The maximum atomic E-state index is 12.8. The quantitative estimate of drug-likeness (QED) is 0.841. The number of nitrogens with zero attached hydrogens (tertiary/aromatic N) is 5. The molecule has 1 spiro atoms. The number of hydrogen-bond acceptors (Lipinski definition) is 5.